The fourth-order valence-corrected chi connectivity index (χ4v) is 3.21. The third-order valence-electron chi connectivity index (χ3n) is 4.46. The molecule has 0 saturated heterocycles. The van der Waals surface area contributed by atoms with Crippen molar-refractivity contribution in [3.05, 3.63) is 59.2 Å². The monoisotopic (exact) mass is 323 g/mol. The van der Waals surface area contributed by atoms with E-state index < -0.39 is 0 Å². The molecule has 1 aliphatic rings. The molecule has 0 radical (unpaired) electrons. The molecule has 3 rings (SSSR count). The summed E-state index contributed by atoms with van der Waals surface area (Å²) in [5.41, 5.74) is 5.74. The van der Waals surface area contributed by atoms with Crippen LogP contribution in [-0.2, 0) is 13.0 Å². The summed E-state index contributed by atoms with van der Waals surface area (Å²) in [6, 6.07) is 14.0. The number of benzene rings is 2. The first-order valence-electron chi connectivity index (χ1n) is 8.63. The molecule has 0 aromatic heterocycles. The van der Waals surface area contributed by atoms with Crippen LogP contribution in [0.5, 0.6) is 0 Å². The molecule has 0 bridgehead atoms. The van der Waals surface area contributed by atoms with Gasteiger partial charge in [0.15, 0.2) is 0 Å². The van der Waals surface area contributed by atoms with Crippen LogP contribution < -0.4 is 16.0 Å². The Morgan fingerprint density at radius 3 is 2.83 bits per heavy atom. The van der Waals surface area contributed by atoms with Crippen LogP contribution in [0.2, 0.25) is 0 Å². The molecular formula is C20H25N3O. The Hall–Kier alpha value is -2.49. The Balaban J connectivity index is 1.65. The normalized spacial score (nSPS) is 13.1. The molecule has 0 fully saturated rings. The van der Waals surface area contributed by atoms with E-state index in [0.29, 0.717) is 12.5 Å². The SMILES string of the molecule is CC(C)c1ccccc1NC(=O)NCc1cccc2c1CCCN2. The molecule has 0 atom stereocenters. The highest BCUT2D eigenvalue weighted by atomic mass is 16.2. The lowest BCUT2D eigenvalue weighted by Crippen LogP contribution is -2.29. The summed E-state index contributed by atoms with van der Waals surface area (Å²) < 4.78 is 0. The molecule has 0 unspecified atom stereocenters. The number of para-hydroxylation sites is 1. The topological polar surface area (TPSA) is 53.2 Å². The van der Waals surface area contributed by atoms with Gasteiger partial charge >= 0.3 is 6.03 Å². The van der Waals surface area contributed by atoms with E-state index >= 15 is 0 Å². The van der Waals surface area contributed by atoms with Crippen molar-refractivity contribution < 1.29 is 4.79 Å². The van der Waals surface area contributed by atoms with Gasteiger partial charge in [-0.1, -0.05) is 44.2 Å². The predicted molar refractivity (Wildman–Crippen MR) is 99.6 cm³/mol. The molecule has 2 aromatic carbocycles. The second kappa shape index (κ2) is 7.39. The number of carbonyl (C=O) groups is 1. The van der Waals surface area contributed by atoms with Crippen molar-refractivity contribution in [2.45, 2.75) is 39.2 Å². The van der Waals surface area contributed by atoms with Crippen molar-refractivity contribution in [2.75, 3.05) is 17.2 Å². The molecule has 0 spiro atoms. The van der Waals surface area contributed by atoms with Gasteiger partial charge < -0.3 is 16.0 Å². The quantitative estimate of drug-likeness (QED) is 0.776. The van der Waals surface area contributed by atoms with E-state index in [4.69, 9.17) is 0 Å². The predicted octanol–water partition coefficient (Wildman–Crippen LogP) is 4.49. The summed E-state index contributed by atoms with van der Waals surface area (Å²) in [7, 11) is 0. The van der Waals surface area contributed by atoms with Crippen molar-refractivity contribution in [1.82, 2.24) is 5.32 Å². The number of fused-ring (bicyclic) bond motifs is 1. The Labute approximate surface area is 143 Å². The van der Waals surface area contributed by atoms with Crippen LogP contribution in [0.25, 0.3) is 0 Å². The van der Waals surface area contributed by atoms with Crippen LogP contribution in [0.1, 0.15) is 42.9 Å². The fourth-order valence-electron chi connectivity index (χ4n) is 3.21. The molecule has 0 aliphatic carbocycles. The smallest absolute Gasteiger partial charge is 0.319 e. The molecule has 24 heavy (non-hydrogen) atoms. The van der Waals surface area contributed by atoms with Crippen LogP contribution in [-0.4, -0.2) is 12.6 Å². The summed E-state index contributed by atoms with van der Waals surface area (Å²) in [4.78, 5) is 12.3. The maximum absolute atomic E-state index is 12.3. The maximum Gasteiger partial charge on any atom is 0.319 e. The summed E-state index contributed by atoms with van der Waals surface area (Å²) in [5, 5.41) is 9.38. The summed E-state index contributed by atoms with van der Waals surface area (Å²) in [6.45, 7) is 5.82. The lowest BCUT2D eigenvalue weighted by atomic mass is 9.97. The van der Waals surface area contributed by atoms with Crippen LogP contribution >= 0.6 is 0 Å². The number of hydrogen-bond donors (Lipinski definition) is 3. The third kappa shape index (κ3) is 3.70. The van der Waals surface area contributed by atoms with Crippen LogP contribution in [0.3, 0.4) is 0 Å². The highest BCUT2D eigenvalue weighted by Gasteiger charge is 2.13. The van der Waals surface area contributed by atoms with Gasteiger partial charge in [0.2, 0.25) is 0 Å². The van der Waals surface area contributed by atoms with Gasteiger partial charge in [-0.05, 0) is 47.6 Å². The second-order valence-corrected chi connectivity index (χ2v) is 6.52. The average molecular weight is 323 g/mol. The molecule has 1 heterocycles. The molecule has 126 valence electrons. The van der Waals surface area contributed by atoms with Gasteiger partial charge in [-0.2, -0.15) is 0 Å². The van der Waals surface area contributed by atoms with Crippen LogP contribution in [0.4, 0.5) is 16.2 Å². The van der Waals surface area contributed by atoms with Gasteiger partial charge in [0.25, 0.3) is 0 Å². The average Bonchev–Trinajstić information content (AvgIpc) is 2.60. The maximum atomic E-state index is 12.3. The van der Waals surface area contributed by atoms with Gasteiger partial charge in [0.05, 0.1) is 0 Å². The number of anilines is 2. The van der Waals surface area contributed by atoms with Crippen molar-refractivity contribution in [1.29, 1.82) is 0 Å². The van der Waals surface area contributed by atoms with Crippen molar-refractivity contribution >= 4 is 17.4 Å². The highest BCUT2D eigenvalue weighted by molar-refractivity contribution is 5.90. The van der Waals surface area contributed by atoms with Crippen molar-refractivity contribution in [3.63, 3.8) is 0 Å². The van der Waals surface area contributed by atoms with E-state index in [1.807, 2.05) is 24.3 Å². The molecule has 3 N–H and O–H groups in total. The number of rotatable bonds is 4. The minimum absolute atomic E-state index is 0.163. The molecule has 0 saturated carbocycles. The molecule has 4 nitrogen and oxygen atoms in total. The number of carbonyl (C=O) groups excluding carboxylic acids is 1. The Morgan fingerprint density at radius 2 is 2.00 bits per heavy atom. The standard InChI is InChI=1S/C20H25N3O/c1-14(2)16-8-3-4-10-19(16)23-20(24)22-13-15-7-5-11-18-17(15)9-6-12-21-18/h3-5,7-8,10-11,14,21H,6,9,12-13H2,1-2H3,(H2,22,23,24). The number of urea groups is 1. The molecule has 2 aromatic rings. The van der Waals surface area contributed by atoms with Gasteiger partial charge in [-0.3, -0.25) is 0 Å². The first-order valence-corrected chi connectivity index (χ1v) is 8.63. The van der Waals surface area contributed by atoms with Crippen LogP contribution in [0.15, 0.2) is 42.5 Å². The van der Waals surface area contributed by atoms with Crippen molar-refractivity contribution in [3.8, 4) is 0 Å². The summed E-state index contributed by atoms with van der Waals surface area (Å²) in [6.07, 6.45) is 2.20. The van der Waals surface area contributed by atoms with Crippen LogP contribution in [0, 0.1) is 0 Å². The highest BCUT2D eigenvalue weighted by Crippen LogP contribution is 2.26. The van der Waals surface area contributed by atoms with E-state index in [2.05, 4.69) is 48.0 Å². The van der Waals surface area contributed by atoms with Gasteiger partial charge in [-0.25, -0.2) is 4.79 Å². The van der Waals surface area contributed by atoms with Gasteiger partial charge in [0.1, 0.15) is 0 Å². The second-order valence-electron chi connectivity index (χ2n) is 6.52. The lowest BCUT2D eigenvalue weighted by Gasteiger charge is -2.21. The summed E-state index contributed by atoms with van der Waals surface area (Å²) in [5.74, 6) is 0.369. The zero-order valence-corrected chi connectivity index (χ0v) is 14.4. The van der Waals surface area contributed by atoms with E-state index in [9.17, 15) is 4.79 Å². The van der Waals surface area contributed by atoms with Gasteiger partial charge in [-0.15, -0.1) is 0 Å². The Bertz CT molecular complexity index is 725. The number of nitrogens with one attached hydrogen (secondary N) is 3. The van der Waals surface area contributed by atoms with Gasteiger partial charge in [0, 0.05) is 24.5 Å². The first kappa shape index (κ1) is 16.4. The molecular weight excluding hydrogens is 298 g/mol. The largest absolute Gasteiger partial charge is 0.385 e. The lowest BCUT2D eigenvalue weighted by molar-refractivity contribution is 0.251. The summed E-state index contributed by atoms with van der Waals surface area (Å²) >= 11 is 0. The first-order chi connectivity index (χ1) is 11.6. The minimum atomic E-state index is -0.163. The van der Waals surface area contributed by atoms with E-state index in [1.54, 1.807) is 0 Å². The fraction of sp³-hybridized carbons (Fsp3) is 0.350. The van der Waals surface area contributed by atoms with E-state index in [1.165, 1.54) is 16.8 Å². The third-order valence-corrected chi connectivity index (χ3v) is 4.46. The Morgan fingerprint density at radius 1 is 1.17 bits per heavy atom. The molecule has 2 amide bonds. The van der Waals surface area contributed by atoms with E-state index in [-0.39, 0.29) is 6.03 Å². The molecule has 1 aliphatic heterocycles. The number of hydrogen-bond acceptors (Lipinski definition) is 2. The zero-order chi connectivity index (χ0) is 16.9. The minimum Gasteiger partial charge on any atom is -0.385 e. The Kier molecular flexibility index (Phi) is 5.04. The van der Waals surface area contributed by atoms with E-state index in [0.717, 1.165) is 30.6 Å². The molecule has 4 heteroatoms. The number of amides is 2. The zero-order valence-electron chi connectivity index (χ0n) is 14.4. The van der Waals surface area contributed by atoms with Crippen molar-refractivity contribution in [2.24, 2.45) is 0 Å².